The number of nitrogens with zero attached hydrogens (tertiary/aromatic N) is 3. The molecule has 3 aromatic carbocycles. The van der Waals surface area contributed by atoms with Crippen LogP contribution in [0, 0.1) is 0 Å². The third-order valence-corrected chi connectivity index (χ3v) is 6.03. The first-order valence-electron chi connectivity index (χ1n) is 10.4. The van der Waals surface area contributed by atoms with Gasteiger partial charge in [-0.1, -0.05) is 78.4 Å². The van der Waals surface area contributed by atoms with Crippen LogP contribution in [0.2, 0.25) is 5.02 Å². The Bertz CT molecular complexity index is 1260. The lowest BCUT2D eigenvalue weighted by Gasteiger charge is -2.18. The first-order valence-corrected chi connectivity index (χ1v) is 10.8. The molecule has 0 aliphatic carbocycles. The zero-order valence-corrected chi connectivity index (χ0v) is 17.7. The van der Waals surface area contributed by atoms with Crippen LogP contribution in [0.15, 0.2) is 84.9 Å². The van der Waals surface area contributed by atoms with E-state index in [1.54, 1.807) is 4.90 Å². The highest BCUT2D eigenvalue weighted by atomic mass is 35.5. The Labute approximate surface area is 186 Å². The van der Waals surface area contributed by atoms with Gasteiger partial charge in [0.25, 0.3) is 0 Å². The number of benzene rings is 3. The number of rotatable bonds is 5. The van der Waals surface area contributed by atoms with Crippen LogP contribution in [0.1, 0.15) is 23.7 Å². The van der Waals surface area contributed by atoms with Crippen LogP contribution in [0.4, 0.5) is 5.69 Å². The summed E-state index contributed by atoms with van der Waals surface area (Å²) in [5.74, 6) is 1.04. The SMILES string of the molecule is O=C1CC(c2nc3ccccc3n2C/C=C/c2ccccc2)CN1c1ccccc1Cl. The fourth-order valence-corrected chi connectivity index (χ4v) is 4.48. The largest absolute Gasteiger partial charge is 0.324 e. The summed E-state index contributed by atoms with van der Waals surface area (Å²) in [5, 5.41) is 0.593. The van der Waals surface area contributed by atoms with Gasteiger partial charge < -0.3 is 9.47 Å². The van der Waals surface area contributed by atoms with E-state index >= 15 is 0 Å². The van der Waals surface area contributed by atoms with E-state index in [-0.39, 0.29) is 11.8 Å². The molecule has 1 unspecified atom stereocenters. The van der Waals surface area contributed by atoms with Gasteiger partial charge >= 0.3 is 0 Å². The van der Waals surface area contributed by atoms with Crippen LogP contribution in [0.25, 0.3) is 17.1 Å². The molecule has 1 aliphatic rings. The predicted molar refractivity (Wildman–Crippen MR) is 126 cm³/mol. The summed E-state index contributed by atoms with van der Waals surface area (Å²) in [6.45, 7) is 1.27. The minimum absolute atomic E-state index is 0.0151. The van der Waals surface area contributed by atoms with Crippen molar-refractivity contribution in [3.05, 3.63) is 101 Å². The number of hydrogen-bond acceptors (Lipinski definition) is 2. The van der Waals surface area contributed by atoms with E-state index in [0.717, 1.165) is 28.1 Å². The number of imidazole rings is 1. The number of amides is 1. The molecule has 5 rings (SSSR count). The fraction of sp³-hybridized carbons (Fsp3) is 0.154. The number of halogens is 1. The number of anilines is 1. The lowest BCUT2D eigenvalue weighted by molar-refractivity contribution is -0.117. The Hall–Kier alpha value is -3.37. The maximum absolute atomic E-state index is 12.9. The Morgan fingerprint density at radius 3 is 2.55 bits per heavy atom. The van der Waals surface area contributed by atoms with Crippen LogP contribution in [0.3, 0.4) is 0 Å². The summed E-state index contributed by atoms with van der Waals surface area (Å²) >= 11 is 6.36. The normalized spacial score (nSPS) is 16.6. The molecule has 0 radical (unpaired) electrons. The predicted octanol–water partition coefficient (Wildman–Crippen LogP) is 5.92. The molecule has 5 heteroatoms. The zero-order chi connectivity index (χ0) is 21.2. The molecular weight excluding hydrogens is 406 g/mol. The van der Waals surface area contributed by atoms with Crippen molar-refractivity contribution in [2.45, 2.75) is 18.9 Å². The minimum atomic E-state index is 0.0151. The van der Waals surface area contributed by atoms with E-state index in [1.807, 2.05) is 60.7 Å². The molecule has 1 aromatic heterocycles. The van der Waals surface area contributed by atoms with E-state index in [9.17, 15) is 4.79 Å². The van der Waals surface area contributed by atoms with Gasteiger partial charge in [0, 0.05) is 25.4 Å². The van der Waals surface area contributed by atoms with E-state index in [0.29, 0.717) is 24.5 Å². The van der Waals surface area contributed by atoms with Crippen LogP contribution in [-0.4, -0.2) is 22.0 Å². The average Bonchev–Trinajstić information content (AvgIpc) is 3.35. The summed E-state index contributed by atoms with van der Waals surface area (Å²) in [6, 6.07) is 25.9. The smallest absolute Gasteiger partial charge is 0.227 e. The highest BCUT2D eigenvalue weighted by molar-refractivity contribution is 6.33. The molecule has 0 bridgehead atoms. The lowest BCUT2D eigenvalue weighted by atomic mass is 10.1. The maximum atomic E-state index is 12.9. The molecule has 1 saturated heterocycles. The summed E-state index contributed by atoms with van der Waals surface area (Å²) in [5.41, 5.74) is 3.96. The van der Waals surface area contributed by atoms with Crippen molar-refractivity contribution in [3.63, 3.8) is 0 Å². The first-order chi connectivity index (χ1) is 15.2. The number of carbonyl (C=O) groups is 1. The maximum Gasteiger partial charge on any atom is 0.227 e. The average molecular weight is 428 g/mol. The summed E-state index contributed by atoms with van der Waals surface area (Å²) in [4.78, 5) is 19.6. The molecular formula is C26H22ClN3O. The number of allylic oxidation sites excluding steroid dienone is 1. The lowest BCUT2D eigenvalue weighted by Crippen LogP contribution is -2.24. The number of para-hydroxylation sites is 3. The standard InChI is InChI=1S/C26H22ClN3O/c27-21-12-4-6-14-23(21)30-18-20(17-25(30)31)26-28-22-13-5-7-15-24(22)29(26)16-8-11-19-9-2-1-3-10-19/h1-15,20H,16-18H2/b11-8+. The molecule has 2 heterocycles. The second kappa shape index (κ2) is 8.40. The Kier molecular flexibility index (Phi) is 5.31. The molecule has 0 spiro atoms. The van der Waals surface area contributed by atoms with Crippen molar-refractivity contribution in [2.75, 3.05) is 11.4 Å². The summed E-state index contributed by atoms with van der Waals surface area (Å²) < 4.78 is 2.23. The second-order valence-corrected chi connectivity index (χ2v) is 8.15. The van der Waals surface area contributed by atoms with E-state index in [4.69, 9.17) is 16.6 Å². The van der Waals surface area contributed by atoms with Gasteiger partial charge in [0.1, 0.15) is 5.82 Å². The van der Waals surface area contributed by atoms with E-state index in [2.05, 4.69) is 34.9 Å². The van der Waals surface area contributed by atoms with Crippen molar-refractivity contribution in [3.8, 4) is 0 Å². The molecule has 1 atom stereocenters. The van der Waals surface area contributed by atoms with Crippen molar-refractivity contribution < 1.29 is 4.79 Å². The van der Waals surface area contributed by atoms with Crippen LogP contribution in [0.5, 0.6) is 0 Å². The molecule has 1 aliphatic heterocycles. The monoisotopic (exact) mass is 427 g/mol. The topological polar surface area (TPSA) is 38.1 Å². The molecule has 0 saturated carbocycles. The fourth-order valence-electron chi connectivity index (χ4n) is 4.24. The van der Waals surface area contributed by atoms with Gasteiger partial charge in [0.2, 0.25) is 5.91 Å². The Morgan fingerprint density at radius 1 is 0.968 bits per heavy atom. The van der Waals surface area contributed by atoms with Crippen LogP contribution >= 0.6 is 11.6 Å². The van der Waals surface area contributed by atoms with Gasteiger partial charge in [0.15, 0.2) is 0 Å². The van der Waals surface area contributed by atoms with Gasteiger partial charge in [-0.25, -0.2) is 4.98 Å². The molecule has 1 fully saturated rings. The summed E-state index contributed by atoms with van der Waals surface area (Å²) in [7, 11) is 0. The third kappa shape index (κ3) is 3.87. The number of hydrogen-bond donors (Lipinski definition) is 0. The zero-order valence-electron chi connectivity index (χ0n) is 17.0. The van der Waals surface area contributed by atoms with Crippen molar-refractivity contribution >= 4 is 40.3 Å². The van der Waals surface area contributed by atoms with E-state index < -0.39 is 0 Å². The van der Waals surface area contributed by atoms with Crippen molar-refractivity contribution in [1.82, 2.24) is 9.55 Å². The minimum Gasteiger partial charge on any atom is -0.324 e. The van der Waals surface area contributed by atoms with Gasteiger partial charge in [0.05, 0.1) is 21.7 Å². The van der Waals surface area contributed by atoms with Crippen molar-refractivity contribution in [2.24, 2.45) is 0 Å². The number of aromatic nitrogens is 2. The summed E-state index contributed by atoms with van der Waals surface area (Å²) in [6.07, 6.45) is 4.70. The Morgan fingerprint density at radius 2 is 1.71 bits per heavy atom. The third-order valence-electron chi connectivity index (χ3n) is 5.72. The molecule has 4 nitrogen and oxygen atoms in total. The van der Waals surface area contributed by atoms with Gasteiger partial charge in [-0.05, 0) is 29.8 Å². The molecule has 4 aromatic rings. The van der Waals surface area contributed by atoms with Gasteiger partial charge in [-0.3, -0.25) is 4.79 Å². The van der Waals surface area contributed by atoms with Gasteiger partial charge in [-0.15, -0.1) is 0 Å². The molecule has 31 heavy (non-hydrogen) atoms. The first kappa shape index (κ1) is 19.6. The van der Waals surface area contributed by atoms with Crippen molar-refractivity contribution in [1.29, 1.82) is 0 Å². The number of fused-ring (bicyclic) bond motifs is 1. The highest BCUT2D eigenvalue weighted by Crippen LogP contribution is 2.36. The van der Waals surface area contributed by atoms with E-state index in [1.165, 1.54) is 0 Å². The molecule has 154 valence electrons. The Balaban J connectivity index is 1.47. The van der Waals surface area contributed by atoms with Crippen LogP contribution in [-0.2, 0) is 11.3 Å². The highest BCUT2D eigenvalue weighted by Gasteiger charge is 2.35. The van der Waals surface area contributed by atoms with Crippen LogP contribution < -0.4 is 4.90 Å². The molecule has 1 amide bonds. The quantitative estimate of drug-likeness (QED) is 0.396. The molecule has 0 N–H and O–H groups in total. The van der Waals surface area contributed by atoms with Gasteiger partial charge in [-0.2, -0.15) is 0 Å². The second-order valence-electron chi connectivity index (χ2n) is 7.74. The number of carbonyl (C=O) groups excluding carboxylic acids is 1.